The molecule has 1 aliphatic rings. The number of carbonyl (C=O) groups is 1. The number of hydrogen-bond donors (Lipinski definition) is 2. The number of aryl methyl sites for hydroxylation is 2. The molecular weight excluding hydrogens is 284 g/mol. The maximum Gasteiger partial charge on any atom is 0.240 e. The second-order valence-electron chi connectivity index (χ2n) is 6.17. The Bertz CT molecular complexity index is 506. The maximum absolute atomic E-state index is 12.7. The number of nitrogens with zero attached hydrogens (tertiary/aromatic N) is 2. The number of thiazole rings is 1. The fraction of sp³-hybridized carbons (Fsp3) is 0.733. The van der Waals surface area contributed by atoms with E-state index in [1.807, 2.05) is 34.6 Å². The van der Waals surface area contributed by atoms with Gasteiger partial charge in [-0.2, -0.15) is 0 Å². The molecule has 6 heteroatoms. The van der Waals surface area contributed by atoms with Crippen molar-refractivity contribution in [1.82, 2.24) is 20.5 Å². The fourth-order valence-corrected chi connectivity index (χ4v) is 3.68. The predicted octanol–water partition coefficient (Wildman–Crippen LogP) is 1.62. The smallest absolute Gasteiger partial charge is 0.240 e. The Morgan fingerprint density at radius 2 is 2.00 bits per heavy atom. The number of piperazine rings is 1. The molecule has 2 N–H and O–H groups in total. The zero-order valence-electron chi connectivity index (χ0n) is 13.6. The number of nitrogens with one attached hydrogen (secondary N) is 2. The first-order chi connectivity index (χ1) is 9.82. The quantitative estimate of drug-likeness (QED) is 0.887. The van der Waals surface area contributed by atoms with Crippen LogP contribution >= 0.6 is 11.3 Å². The Balaban J connectivity index is 2.04. The molecule has 0 bridgehead atoms. The summed E-state index contributed by atoms with van der Waals surface area (Å²) in [5.74, 6) is 0.0855. The van der Waals surface area contributed by atoms with Crippen LogP contribution in [0.3, 0.4) is 0 Å². The van der Waals surface area contributed by atoms with Crippen LogP contribution in [-0.2, 0) is 4.79 Å². The highest BCUT2D eigenvalue weighted by Crippen LogP contribution is 2.25. The third kappa shape index (κ3) is 3.62. The third-order valence-corrected chi connectivity index (χ3v) is 5.40. The van der Waals surface area contributed by atoms with Gasteiger partial charge in [-0.15, -0.1) is 11.3 Å². The summed E-state index contributed by atoms with van der Waals surface area (Å²) < 4.78 is 0. The first-order valence-electron chi connectivity index (χ1n) is 7.53. The highest BCUT2D eigenvalue weighted by molar-refractivity contribution is 7.11. The molecule has 2 heterocycles. The lowest BCUT2D eigenvalue weighted by atomic mass is 10.00. The minimum Gasteiger partial charge on any atom is -0.347 e. The van der Waals surface area contributed by atoms with Crippen molar-refractivity contribution in [2.75, 3.05) is 26.2 Å². The van der Waals surface area contributed by atoms with Crippen molar-refractivity contribution in [3.63, 3.8) is 0 Å². The van der Waals surface area contributed by atoms with E-state index in [2.05, 4.69) is 20.5 Å². The Labute approximate surface area is 131 Å². The number of carbonyl (C=O) groups excluding carboxylic acids is 1. The highest BCUT2D eigenvalue weighted by Gasteiger charge is 2.36. The molecule has 1 saturated heterocycles. The molecular formula is C15H26N4OS. The molecule has 0 aliphatic carbocycles. The molecule has 1 aromatic heterocycles. The van der Waals surface area contributed by atoms with Gasteiger partial charge in [-0.3, -0.25) is 9.69 Å². The lowest BCUT2D eigenvalue weighted by Crippen LogP contribution is -2.60. The van der Waals surface area contributed by atoms with Crippen molar-refractivity contribution in [3.05, 3.63) is 15.6 Å². The molecule has 1 atom stereocenters. The largest absolute Gasteiger partial charge is 0.347 e. The van der Waals surface area contributed by atoms with E-state index in [4.69, 9.17) is 0 Å². The summed E-state index contributed by atoms with van der Waals surface area (Å²) in [5.41, 5.74) is 0.537. The molecule has 0 radical (unpaired) electrons. The van der Waals surface area contributed by atoms with Gasteiger partial charge in [0.2, 0.25) is 5.91 Å². The first-order valence-corrected chi connectivity index (χ1v) is 8.34. The van der Waals surface area contributed by atoms with Crippen LogP contribution in [0.1, 0.15) is 42.4 Å². The van der Waals surface area contributed by atoms with Crippen LogP contribution in [0.5, 0.6) is 0 Å². The van der Waals surface area contributed by atoms with E-state index in [-0.39, 0.29) is 11.9 Å². The lowest BCUT2D eigenvalue weighted by molar-refractivity contribution is -0.132. The van der Waals surface area contributed by atoms with Gasteiger partial charge in [-0.25, -0.2) is 4.98 Å². The Hall–Kier alpha value is -0.980. The monoisotopic (exact) mass is 310 g/mol. The molecule has 0 saturated carbocycles. The van der Waals surface area contributed by atoms with E-state index < -0.39 is 5.54 Å². The van der Waals surface area contributed by atoms with Gasteiger partial charge in [0.1, 0.15) is 0 Å². The van der Waals surface area contributed by atoms with Crippen molar-refractivity contribution in [3.8, 4) is 0 Å². The van der Waals surface area contributed by atoms with Crippen LogP contribution in [0.15, 0.2) is 0 Å². The fourth-order valence-electron chi connectivity index (χ4n) is 2.76. The molecule has 1 aliphatic heterocycles. The van der Waals surface area contributed by atoms with Gasteiger partial charge >= 0.3 is 0 Å². The number of hydrogen-bond acceptors (Lipinski definition) is 5. The molecule has 2 rings (SSSR count). The van der Waals surface area contributed by atoms with Gasteiger partial charge in [0.15, 0.2) is 0 Å². The van der Waals surface area contributed by atoms with Gasteiger partial charge in [0, 0.05) is 31.1 Å². The molecule has 0 spiro atoms. The average molecular weight is 310 g/mol. The highest BCUT2D eigenvalue weighted by atomic mass is 32.1. The van der Waals surface area contributed by atoms with Crippen molar-refractivity contribution in [2.24, 2.45) is 0 Å². The Morgan fingerprint density at radius 1 is 1.38 bits per heavy atom. The number of aromatic nitrogens is 1. The van der Waals surface area contributed by atoms with E-state index in [0.29, 0.717) is 0 Å². The average Bonchev–Trinajstić information content (AvgIpc) is 2.78. The van der Waals surface area contributed by atoms with Crippen LogP contribution in [-0.4, -0.2) is 47.5 Å². The number of rotatable bonds is 4. The molecule has 0 aromatic carbocycles. The zero-order chi connectivity index (χ0) is 15.6. The van der Waals surface area contributed by atoms with Gasteiger partial charge in [0.05, 0.1) is 22.3 Å². The molecule has 118 valence electrons. The predicted molar refractivity (Wildman–Crippen MR) is 86.7 cm³/mol. The van der Waals surface area contributed by atoms with Crippen molar-refractivity contribution in [2.45, 2.75) is 46.2 Å². The van der Waals surface area contributed by atoms with E-state index >= 15 is 0 Å². The second-order valence-corrected chi connectivity index (χ2v) is 7.41. The van der Waals surface area contributed by atoms with Crippen LogP contribution in [0.4, 0.5) is 0 Å². The summed E-state index contributed by atoms with van der Waals surface area (Å²) in [6.07, 6.45) is 0. The summed E-state index contributed by atoms with van der Waals surface area (Å²) in [6, 6.07) is 0.00545. The van der Waals surface area contributed by atoms with Crippen molar-refractivity contribution < 1.29 is 4.79 Å². The molecule has 1 aromatic rings. The molecule has 5 nitrogen and oxygen atoms in total. The Morgan fingerprint density at radius 3 is 2.52 bits per heavy atom. The van der Waals surface area contributed by atoms with Gasteiger partial charge in [0.25, 0.3) is 0 Å². The van der Waals surface area contributed by atoms with E-state index in [1.54, 1.807) is 11.3 Å². The summed E-state index contributed by atoms with van der Waals surface area (Å²) in [4.78, 5) is 20.5. The number of amides is 1. The van der Waals surface area contributed by atoms with Crippen molar-refractivity contribution >= 4 is 17.2 Å². The minimum atomic E-state index is -0.482. The lowest BCUT2D eigenvalue weighted by Gasteiger charge is -2.40. The Kier molecular flexibility index (Phi) is 5.01. The van der Waals surface area contributed by atoms with Crippen LogP contribution < -0.4 is 10.6 Å². The van der Waals surface area contributed by atoms with Gasteiger partial charge < -0.3 is 10.6 Å². The first kappa shape index (κ1) is 16.4. The second kappa shape index (κ2) is 6.42. The molecule has 21 heavy (non-hydrogen) atoms. The van der Waals surface area contributed by atoms with E-state index in [0.717, 1.165) is 41.8 Å². The van der Waals surface area contributed by atoms with Crippen LogP contribution in [0.2, 0.25) is 0 Å². The van der Waals surface area contributed by atoms with E-state index in [1.165, 1.54) is 0 Å². The van der Waals surface area contributed by atoms with Crippen LogP contribution in [0, 0.1) is 13.8 Å². The topological polar surface area (TPSA) is 57.3 Å². The summed E-state index contributed by atoms with van der Waals surface area (Å²) in [7, 11) is 0. The normalized spacial score (nSPS) is 18.5. The molecule has 1 amide bonds. The SMILES string of the molecule is Cc1nc(C)c(C(C)NC(=O)C(C)(C)N2CCNCC2)s1. The summed E-state index contributed by atoms with van der Waals surface area (Å²) in [5, 5.41) is 7.53. The van der Waals surface area contributed by atoms with Gasteiger partial charge in [-0.05, 0) is 34.6 Å². The summed E-state index contributed by atoms with van der Waals surface area (Å²) in [6.45, 7) is 13.8. The van der Waals surface area contributed by atoms with E-state index in [9.17, 15) is 4.79 Å². The minimum absolute atomic E-state index is 0.00545. The zero-order valence-corrected chi connectivity index (χ0v) is 14.4. The standard InChI is InChI=1S/C15H26N4OS/c1-10-13(21-12(3)17-10)11(2)18-14(20)15(4,5)19-8-6-16-7-9-19/h11,16H,6-9H2,1-5H3,(H,18,20). The summed E-state index contributed by atoms with van der Waals surface area (Å²) >= 11 is 1.66. The molecule has 1 fully saturated rings. The van der Waals surface area contributed by atoms with Crippen LogP contribution in [0.25, 0.3) is 0 Å². The van der Waals surface area contributed by atoms with Crippen molar-refractivity contribution in [1.29, 1.82) is 0 Å². The molecule has 1 unspecified atom stereocenters. The maximum atomic E-state index is 12.7. The third-order valence-electron chi connectivity index (χ3n) is 4.14. The van der Waals surface area contributed by atoms with Gasteiger partial charge in [-0.1, -0.05) is 0 Å².